The molecular formula is C11H15NS. The Morgan fingerprint density at radius 3 is 3.23 bits per heavy atom. The van der Waals surface area contributed by atoms with Crippen LogP contribution in [-0.2, 0) is 0 Å². The van der Waals surface area contributed by atoms with Crippen LogP contribution in [0.5, 0.6) is 0 Å². The third-order valence-corrected chi connectivity index (χ3v) is 4.48. The lowest BCUT2D eigenvalue weighted by atomic mass is 9.92. The second-order valence-corrected chi connectivity index (χ2v) is 5.32. The Balaban J connectivity index is 1.84. The predicted molar refractivity (Wildman–Crippen MR) is 55.9 cm³/mol. The van der Waals surface area contributed by atoms with Gasteiger partial charge in [0, 0.05) is 10.9 Å². The molecular weight excluding hydrogens is 178 g/mol. The van der Waals surface area contributed by atoms with E-state index in [2.05, 4.69) is 22.8 Å². The van der Waals surface area contributed by atoms with Gasteiger partial charge in [-0.05, 0) is 49.1 Å². The zero-order valence-corrected chi connectivity index (χ0v) is 8.52. The fourth-order valence-corrected chi connectivity index (χ4v) is 3.76. The van der Waals surface area contributed by atoms with Crippen molar-refractivity contribution in [2.45, 2.75) is 25.3 Å². The molecule has 1 aromatic rings. The van der Waals surface area contributed by atoms with Gasteiger partial charge < -0.3 is 5.32 Å². The summed E-state index contributed by atoms with van der Waals surface area (Å²) >= 11 is 1.90. The largest absolute Gasteiger partial charge is 0.309 e. The Bertz CT molecular complexity index is 280. The van der Waals surface area contributed by atoms with E-state index < -0.39 is 0 Å². The molecule has 1 saturated heterocycles. The van der Waals surface area contributed by atoms with E-state index >= 15 is 0 Å². The fraction of sp³-hybridized carbons (Fsp3) is 0.636. The smallest absolute Gasteiger partial charge is 0.0443 e. The van der Waals surface area contributed by atoms with Crippen LogP contribution in [0.3, 0.4) is 0 Å². The van der Waals surface area contributed by atoms with Crippen molar-refractivity contribution in [2.75, 3.05) is 6.54 Å². The van der Waals surface area contributed by atoms with Gasteiger partial charge in [-0.15, -0.1) is 11.3 Å². The molecule has 2 heterocycles. The van der Waals surface area contributed by atoms with E-state index in [1.165, 1.54) is 25.8 Å². The molecule has 3 rings (SSSR count). The maximum atomic E-state index is 3.69. The average Bonchev–Trinajstić information content (AvgIpc) is 2.77. The number of rotatable bonds is 1. The number of hydrogen-bond acceptors (Lipinski definition) is 2. The van der Waals surface area contributed by atoms with Crippen LogP contribution in [0.25, 0.3) is 0 Å². The first kappa shape index (κ1) is 8.01. The predicted octanol–water partition coefficient (Wildman–Crippen LogP) is 2.81. The zero-order chi connectivity index (χ0) is 8.67. The quantitative estimate of drug-likeness (QED) is 0.723. The molecule has 0 aromatic carbocycles. The number of thiophene rings is 1. The second kappa shape index (κ2) is 3.10. The molecule has 0 spiro atoms. The van der Waals surface area contributed by atoms with Crippen LogP contribution in [-0.4, -0.2) is 6.54 Å². The minimum absolute atomic E-state index is 0.679. The number of fused-ring (bicyclic) bond motifs is 2. The Morgan fingerprint density at radius 1 is 1.38 bits per heavy atom. The van der Waals surface area contributed by atoms with Crippen molar-refractivity contribution in [3.8, 4) is 0 Å². The lowest BCUT2D eigenvalue weighted by Gasteiger charge is -2.29. The highest BCUT2D eigenvalue weighted by Crippen LogP contribution is 2.43. The highest BCUT2D eigenvalue weighted by molar-refractivity contribution is 7.10. The van der Waals surface area contributed by atoms with E-state index in [4.69, 9.17) is 0 Å². The van der Waals surface area contributed by atoms with Crippen molar-refractivity contribution < 1.29 is 0 Å². The average molecular weight is 193 g/mol. The summed E-state index contributed by atoms with van der Waals surface area (Å²) in [6.45, 7) is 1.25. The summed E-state index contributed by atoms with van der Waals surface area (Å²) in [6, 6.07) is 5.13. The van der Waals surface area contributed by atoms with Crippen molar-refractivity contribution in [3.63, 3.8) is 0 Å². The van der Waals surface area contributed by atoms with Gasteiger partial charge >= 0.3 is 0 Å². The molecule has 2 heteroatoms. The molecule has 0 radical (unpaired) electrons. The minimum atomic E-state index is 0.679. The van der Waals surface area contributed by atoms with E-state index in [9.17, 15) is 0 Å². The lowest BCUT2D eigenvalue weighted by molar-refractivity contribution is 0.296. The van der Waals surface area contributed by atoms with Crippen LogP contribution in [0.4, 0.5) is 0 Å². The molecule has 1 nitrogen and oxygen atoms in total. The molecule has 3 atom stereocenters. The highest BCUT2D eigenvalue weighted by atomic mass is 32.1. The monoisotopic (exact) mass is 193 g/mol. The summed E-state index contributed by atoms with van der Waals surface area (Å²) in [7, 11) is 0. The Hall–Kier alpha value is -0.340. The van der Waals surface area contributed by atoms with Crippen molar-refractivity contribution in [2.24, 2.45) is 11.8 Å². The van der Waals surface area contributed by atoms with Crippen LogP contribution >= 0.6 is 11.3 Å². The Morgan fingerprint density at radius 2 is 2.38 bits per heavy atom. The molecule has 13 heavy (non-hydrogen) atoms. The van der Waals surface area contributed by atoms with Crippen molar-refractivity contribution >= 4 is 11.3 Å². The highest BCUT2D eigenvalue weighted by Gasteiger charge is 2.36. The molecule has 2 bridgehead atoms. The van der Waals surface area contributed by atoms with Gasteiger partial charge in [-0.3, -0.25) is 0 Å². The van der Waals surface area contributed by atoms with E-state index in [0.717, 1.165) is 11.8 Å². The van der Waals surface area contributed by atoms with Gasteiger partial charge in [-0.1, -0.05) is 6.07 Å². The van der Waals surface area contributed by atoms with Gasteiger partial charge in [0.1, 0.15) is 0 Å². The number of hydrogen-bond donors (Lipinski definition) is 1. The van der Waals surface area contributed by atoms with Crippen LogP contribution in [0.2, 0.25) is 0 Å². The van der Waals surface area contributed by atoms with Gasteiger partial charge in [0.25, 0.3) is 0 Å². The first-order chi connectivity index (χ1) is 6.43. The summed E-state index contributed by atoms with van der Waals surface area (Å²) in [5.41, 5.74) is 0. The fourth-order valence-electron chi connectivity index (χ4n) is 2.86. The SMILES string of the molecule is c1csc(C2NCC3CCC2C3)c1. The van der Waals surface area contributed by atoms with E-state index in [1.54, 1.807) is 4.88 Å². The van der Waals surface area contributed by atoms with Crippen LogP contribution in [0.1, 0.15) is 30.2 Å². The topological polar surface area (TPSA) is 12.0 Å². The van der Waals surface area contributed by atoms with Crippen molar-refractivity contribution in [1.29, 1.82) is 0 Å². The Kier molecular flexibility index (Phi) is 1.91. The maximum absolute atomic E-state index is 3.69. The first-order valence-electron chi connectivity index (χ1n) is 5.20. The molecule has 2 aliphatic rings. The molecule has 1 aliphatic carbocycles. The summed E-state index contributed by atoms with van der Waals surface area (Å²) in [6.07, 6.45) is 4.37. The molecule has 1 aromatic heterocycles. The standard InChI is InChI=1S/C11H15NS/c1-2-10(13-5-1)11-9-4-3-8(6-9)7-12-11/h1-2,5,8-9,11-12H,3-4,6-7H2. The van der Waals surface area contributed by atoms with Crippen LogP contribution in [0.15, 0.2) is 17.5 Å². The molecule has 1 aliphatic heterocycles. The molecule has 0 amide bonds. The first-order valence-corrected chi connectivity index (χ1v) is 6.08. The van der Waals surface area contributed by atoms with Gasteiger partial charge in [0.05, 0.1) is 0 Å². The zero-order valence-electron chi connectivity index (χ0n) is 7.70. The van der Waals surface area contributed by atoms with Crippen molar-refractivity contribution in [1.82, 2.24) is 5.32 Å². The van der Waals surface area contributed by atoms with Gasteiger partial charge in [-0.2, -0.15) is 0 Å². The van der Waals surface area contributed by atoms with Gasteiger partial charge in [0.15, 0.2) is 0 Å². The number of nitrogens with one attached hydrogen (secondary N) is 1. The summed E-state index contributed by atoms with van der Waals surface area (Å²) in [5, 5.41) is 5.89. The van der Waals surface area contributed by atoms with Crippen molar-refractivity contribution in [3.05, 3.63) is 22.4 Å². The van der Waals surface area contributed by atoms with E-state index in [-0.39, 0.29) is 0 Å². The Labute approximate surface area is 83.2 Å². The van der Waals surface area contributed by atoms with Gasteiger partial charge in [-0.25, -0.2) is 0 Å². The summed E-state index contributed by atoms with van der Waals surface area (Å²) < 4.78 is 0. The summed E-state index contributed by atoms with van der Waals surface area (Å²) in [4.78, 5) is 1.55. The molecule has 1 N–H and O–H groups in total. The summed E-state index contributed by atoms with van der Waals surface area (Å²) in [5.74, 6) is 1.92. The lowest BCUT2D eigenvalue weighted by Crippen LogP contribution is -2.34. The normalized spacial score (nSPS) is 38.0. The minimum Gasteiger partial charge on any atom is -0.309 e. The number of piperidine rings is 1. The third-order valence-electron chi connectivity index (χ3n) is 3.53. The van der Waals surface area contributed by atoms with Gasteiger partial charge in [0.2, 0.25) is 0 Å². The molecule has 70 valence electrons. The molecule has 3 unspecified atom stereocenters. The van der Waals surface area contributed by atoms with Crippen LogP contribution in [0, 0.1) is 11.8 Å². The molecule has 2 fully saturated rings. The maximum Gasteiger partial charge on any atom is 0.0443 e. The van der Waals surface area contributed by atoms with E-state index in [0.29, 0.717) is 6.04 Å². The second-order valence-electron chi connectivity index (χ2n) is 4.34. The molecule has 1 saturated carbocycles. The van der Waals surface area contributed by atoms with Crippen LogP contribution < -0.4 is 5.32 Å². The van der Waals surface area contributed by atoms with E-state index in [1.807, 2.05) is 11.3 Å². The third kappa shape index (κ3) is 1.32.